The van der Waals surface area contributed by atoms with Gasteiger partial charge in [-0.05, 0) is 24.3 Å². The zero-order valence-electron chi connectivity index (χ0n) is 11.3. The van der Waals surface area contributed by atoms with Crippen molar-refractivity contribution in [2.45, 2.75) is 0 Å². The molecule has 0 atom stereocenters. The third kappa shape index (κ3) is 2.27. The molecule has 0 spiro atoms. The number of nitrogens with zero attached hydrogens (tertiary/aromatic N) is 4. The van der Waals surface area contributed by atoms with Gasteiger partial charge < -0.3 is 25.2 Å². The summed E-state index contributed by atoms with van der Waals surface area (Å²) in [6.07, 6.45) is 0. The van der Waals surface area contributed by atoms with Gasteiger partial charge in [0.05, 0.1) is 11.3 Å². The molecule has 1 aliphatic heterocycles. The first-order valence-electron chi connectivity index (χ1n) is 6.50. The molecule has 3 rings (SSSR count). The van der Waals surface area contributed by atoms with Crippen LogP contribution in [0.4, 0.5) is 11.6 Å². The highest BCUT2D eigenvalue weighted by Crippen LogP contribution is 2.33. The molecule has 7 heteroatoms. The molecule has 20 heavy (non-hydrogen) atoms. The van der Waals surface area contributed by atoms with Crippen molar-refractivity contribution in [1.29, 1.82) is 0 Å². The van der Waals surface area contributed by atoms with Crippen LogP contribution < -0.4 is 10.6 Å². The number of rotatable bonds is 2. The first-order chi connectivity index (χ1) is 9.65. The number of phenols is 1. The number of anilines is 2. The molecule has 0 bridgehead atoms. The standard InChI is InChI=1S/C13H17N5O2/c1-17-5-7-18(8-6-17)13-15-12(20-16-13)9-3-2-4-10(14)11(9)19/h2-4,19H,5-8,14H2,1H3. The Hall–Kier alpha value is -2.28. The van der Waals surface area contributed by atoms with Crippen LogP contribution in [-0.4, -0.2) is 53.4 Å². The van der Waals surface area contributed by atoms with Gasteiger partial charge in [0.1, 0.15) is 0 Å². The molecule has 0 aliphatic carbocycles. The van der Waals surface area contributed by atoms with Crippen molar-refractivity contribution in [3.63, 3.8) is 0 Å². The van der Waals surface area contributed by atoms with Gasteiger partial charge >= 0.3 is 0 Å². The van der Waals surface area contributed by atoms with E-state index in [0.29, 0.717) is 17.2 Å². The summed E-state index contributed by atoms with van der Waals surface area (Å²) >= 11 is 0. The van der Waals surface area contributed by atoms with Gasteiger partial charge in [-0.1, -0.05) is 6.07 Å². The lowest BCUT2D eigenvalue weighted by Crippen LogP contribution is -2.44. The maximum atomic E-state index is 9.93. The van der Waals surface area contributed by atoms with Crippen LogP contribution in [0.25, 0.3) is 11.5 Å². The molecule has 1 aromatic carbocycles. The molecule has 1 saturated heterocycles. The van der Waals surface area contributed by atoms with E-state index in [9.17, 15) is 5.11 Å². The third-order valence-electron chi connectivity index (χ3n) is 3.50. The number of para-hydroxylation sites is 1. The van der Waals surface area contributed by atoms with E-state index in [1.165, 1.54) is 0 Å². The predicted octanol–water partition coefficient (Wildman–Crippen LogP) is 0.776. The van der Waals surface area contributed by atoms with Crippen LogP contribution in [0.1, 0.15) is 0 Å². The number of hydrogen-bond donors (Lipinski definition) is 2. The van der Waals surface area contributed by atoms with Gasteiger partial charge in [-0.3, -0.25) is 0 Å². The topological polar surface area (TPSA) is 91.7 Å². The third-order valence-corrected chi connectivity index (χ3v) is 3.50. The number of phenolic OH excluding ortho intramolecular Hbond substituents is 1. The Morgan fingerprint density at radius 1 is 1.25 bits per heavy atom. The summed E-state index contributed by atoms with van der Waals surface area (Å²) in [7, 11) is 2.09. The lowest BCUT2D eigenvalue weighted by Gasteiger charge is -2.31. The smallest absolute Gasteiger partial charge is 0.266 e. The number of aromatic nitrogens is 2. The van der Waals surface area contributed by atoms with Crippen LogP contribution in [0.3, 0.4) is 0 Å². The van der Waals surface area contributed by atoms with Crippen LogP contribution in [0.2, 0.25) is 0 Å². The minimum absolute atomic E-state index is 0.0268. The van der Waals surface area contributed by atoms with E-state index in [0.717, 1.165) is 26.2 Å². The molecule has 2 heterocycles. The number of piperazine rings is 1. The Morgan fingerprint density at radius 3 is 2.75 bits per heavy atom. The lowest BCUT2D eigenvalue weighted by atomic mass is 10.2. The van der Waals surface area contributed by atoms with Gasteiger partial charge in [0.15, 0.2) is 5.75 Å². The minimum atomic E-state index is -0.0268. The average Bonchev–Trinajstić information content (AvgIpc) is 2.92. The van der Waals surface area contributed by atoms with Crippen molar-refractivity contribution in [3.05, 3.63) is 18.2 Å². The number of aromatic hydroxyl groups is 1. The number of hydrogen-bond acceptors (Lipinski definition) is 7. The molecule has 0 saturated carbocycles. The van der Waals surface area contributed by atoms with E-state index in [1.54, 1.807) is 18.2 Å². The monoisotopic (exact) mass is 275 g/mol. The second-order valence-electron chi connectivity index (χ2n) is 4.93. The zero-order chi connectivity index (χ0) is 14.1. The van der Waals surface area contributed by atoms with Gasteiger partial charge in [-0.15, -0.1) is 0 Å². The van der Waals surface area contributed by atoms with E-state index in [2.05, 4.69) is 27.0 Å². The SMILES string of the molecule is CN1CCN(c2noc(-c3cccc(N)c3O)n2)CC1. The van der Waals surface area contributed by atoms with Gasteiger partial charge in [0.2, 0.25) is 0 Å². The molecule has 106 valence electrons. The summed E-state index contributed by atoms with van der Waals surface area (Å²) in [6.45, 7) is 3.65. The average molecular weight is 275 g/mol. The van der Waals surface area contributed by atoms with Crippen LogP contribution in [0, 0.1) is 0 Å². The highest BCUT2D eigenvalue weighted by atomic mass is 16.5. The van der Waals surface area contributed by atoms with Crippen molar-refractivity contribution in [2.24, 2.45) is 0 Å². The van der Waals surface area contributed by atoms with Gasteiger partial charge in [-0.25, -0.2) is 0 Å². The highest BCUT2D eigenvalue weighted by molar-refractivity contribution is 5.71. The molecule has 0 radical (unpaired) electrons. The number of benzene rings is 1. The van der Waals surface area contributed by atoms with Crippen molar-refractivity contribution < 1.29 is 9.63 Å². The zero-order valence-corrected chi connectivity index (χ0v) is 11.3. The van der Waals surface area contributed by atoms with Crippen molar-refractivity contribution in [2.75, 3.05) is 43.9 Å². The second kappa shape index (κ2) is 5.01. The first kappa shape index (κ1) is 12.7. The van der Waals surface area contributed by atoms with E-state index >= 15 is 0 Å². The Labute approximate surface area is 116 Å². The van der Waals surface area contributed by atoms with Gasteiger partial charge in [0.25, 0.3) is 11.8 Å². The van der Waals surface area contributed by atoms with E-state index < -0.39 is 0 Å². The second-order valence-corrected chi connectivity index (χ2v) is 4.93. The maximum absolute atomic E-state index is 9.93. The molecule has 2 aromatic rings. The summed E-state index contributed by atoms with van der Waals surface area (Å²) in [4.78, 5) is 8.66. The highest BCUT2D eigenvalue weighted by Gasteiger charge is 2.21. The number of nitrogens with two attached hydrogens (primary N) is 1. The number of nitrogen functional groups attached to an aromatic ring is 1. The van der Waals surface area contributed by atoms with Crippen LogP contribution in [0.15, 0.2) is 22.7 Å². The first-order valence-corrected chi connectivity index (χ1v) is 6.50. The van der Waals surface area contributed by atoms with Crippen LogP contribution >= 0.6 is 0 Å². The fourth-order valence-electron chi connectivity index (χ4n) is 2.19. The van der Waals surface area contributed by atoms with Crippen molar-refractivity contribution in [3.8, 4) is 17.2 Å². The lowest BCUT2D eigenvalue weighted by molar-refractivity contribution is 0.309. The van der Waals surface area contributed by atoms with Gasteiger partial charge in [-0.2, -0.15) is 4.98 Å². The van der Waals surface area contributed by atoms with E-state index in [4.69, 9.17) is 10.3 Å². The summed E-state index contributed by atoms with van der Waals surface area (Å²) in [5.41, 5.74) is 6.42. The summed E-state index contributed by atoms with van der Waals surface area (Å²) < 4.78 is 5.23. The predicted molar refractivity (Wildman–Crippen MR) is 75.5 cm³/mol. The van der Waals surface area contributed by atoms with Gasteiger partial charge in [0, 0.05) is 26.2 Å². The molecule has 1 aromatic heterocycles. The van der Waals surface area contributed by atoms with E-state index in [1.807, 2.05) is 0 Å². The molecule has 3 N–H and O–H groups in total. The molecule has 0 amide bonds. The molecular formula is C13H17N5O2. The summed E-state index contributed by atoms with van der Waals surface area (Å²) in [6, 6.07) is 5.06. The largest absolute Gasteiger partial charge is 0.505 e. The summed E-state index contributed by atoms with van der Waals surface area (Å²) in [5, 5.41) is 13.9. The Balaban J connectivity index is 1.85. The molecular weight excluding hydrogens is 258 g/mol. The van der Waals surface area contributed by atoms with Crippen LogP contribution in [0.5, 0.6) is 5.75 Å². The normalized spacial score (nSPS) is 16.6. The van der Waals surface area contributed by atoms with Crippen molar-refractivity contribution in [1.82, 2.24) is 15.0 Å². The molecule has 0 unspecified atom stereocenters. The Kier molecular flexibility index (Phi) is 3.19. The minimum Gasteiger partial charge on any atom is -0.505 e. The Morgan fingerprint density at radius 2 is 2.00 bits per heavy atom. The van der Waals surface area contributed by atoms with Crippen molar-refractivity contribution >= 4 is 11.6 Å². The molecule has 7 nitrogen and oxygen atoms in total. The number of likely N-dealkylation sites (N-methyl/N-ethyl adjacent to an activating group) is 1. The van der Waals surface area contributed by atoms with Crippen LogP contribution in [-0.2, 0) is 0 Å². The van der Waals surface area contributed by atoms with E-state index in [-0.39, 0.29) is 11.6 Å². The fraction of sp³-hybridized carbons (Fsp3) is 0.385. The fourth-order valence-corrected chi connectivity index (χ4v) is 2.19. The Bertz CT molecular complexity index is 605. The maximum Gasteiger partial charge on any atom is 0.266 e. The molecule has 1 fully saturated rings. The quantitative estimate of drug-likeness (QED) is 0.618. The molecule has 1 aliphatic rings. The summed E-state index contributed by atoms with van der Waals surface area (Å²) in [5.74, 6) is 0.805.